The highest BCUT2D eigenvalue weighted by Crippen LogP contribution is 2.07. The number of hydrogen-bond acceptors (Lipinski definition) is 4. The molecule has 0 bridgehead atoms. The molecule has 1 heterocycles. The minimum absolute atomic E-state index is 0.0547. The second-order valence-electron chi connectivity index (χ2n) is 3.88. The van der Waals surface area contributed by atoms with Gasteiger partial charge in [0.25, 0.3) is 5.56 Å². The molecule has 18 heavy (non-hydrogen) atoms. The number of aromatic amines is 1. The zero-order valence-corrected chi connectivity index (χ0v) is 13.0. The molecule has 0 aliphatic rings. The summed E-state index contributed by atoms with van der Waals surface area (Å²) in [5.74, 6) is 0.696. The van der Waals surface area contributed by atoms with E-state index in [2.05, 4.69) is 16.9 Å². The minimum Gasteiger partial charge on any atom is -0.382 e. The number of rotatable bonds is 8. The lowest BCUT2D eigenvalue weighted by Gasteiger charge is -2.06. The Hall–Kier alpha value is -0.470. The first kappa shape index (κ1) is 15.6. The molecule has 1 N–H and O–H groups in total. The summed E-state index contributed by atoms with van der Waals surface area (Å²) in [6.45, 7) is 3.76. The Kier molecular flexibility index (Phi) is 7.45. The molecule has 1 aromatic heterocycles. The van der Waals surface area contributed by atoms with Crippen LogP contribution in [0.25, 0.3) is 0 Å². The van der Waals surface area contributed by atoms with Gasteiger partial charge in [0.15, 0.2) is 0 Å². The van der Waals surface area contributed by atoms with Crippen LogP contribution >= 0.6 is 22.6 Å². The zero-order valence-electron chi connectivity index (χ0n) is 10.8. The maximum Gasteiger partial charge on any atom is 0.264 e. The smallest absolute Gasteiger partial charge is 0.264 e. The Bertz CT molecular complexity index is 420. The van der Waals surface area contributed by atoms with Gasteiger partial charge in [0.2, 0.25) is 0 Å². The van der Waals surface area contributed by atoms with Crippen LogP contribution in [0.3, 0.4) is 0 Å². The van der Waals surface area contributed by atoms with Crippen LogP contribution in [-0.4, -0.2) is 36.9 Å². The van der Waals surface area contributed by atoms with Crippen LogP contribution in [0.4, 0.5) is 0 Å². The van der Waals surface area contributed by atoms with E-state index in [1.54, 1.807) is 7.11 Å². The molecule has 0 unspecified atom stereocenters. The third-order valence-corrected chi connectivity index (χ3v) is 3.49. The fourth-order valence-electron chi connectivity index (χ4n) is 1.49. The highest BCUT2D eigenvalue weighted by atomic mass is 127. The van der Waals surface area contributed by atoms with E-state index in [0.717, 1.165) is 18.5 Å². The summed E-state index contributed by atoms with van der Waals surface area (Å²) in [4.78, 5) is 19.0. The Labute approximate surface area is 120 Å². The van der Waals surface area contributed by atoms with E-state index >= 15 is 0 Å². The van der Waals surface area contributed by atoms with Crippen LogP contribution < -0.4 is 5.56 Å². The van der Waals surface area contributed by atoms with Crippen molar-refractivity contribution in [2.45, 2.75) is 26.2 Å². The van der Waals surface area contributed by atoms with Gasteiger partial charge < -0.3 is 14.5 Å². The molecule has 6 heteroatoms. The first-order valence-corrected chi connectivity index (χ1v) is 7.11. The van der Waals surface area contributed by atoms with Crippen molar-refractivity contribution in [1.29, 1.82) is 0 Å². The van der Waals surface area contributed by atoms with E-state index in [-0.39, 0.29) is 5.56 Å². The van der Waals surface area contributed by atoms with Crippen LogP contribution in [0.15, 0.2) is 4.79 Å². The molecule has 0 amide bonds. The van der Waals surface area contributed by atoms with Crippen LogP contribution in [-0.2, 0) is 22.3 Å². The van der Waals surface area contributed by atoms with Crippen LogP contribution in [0.2, 0.25) is 0 Å². The maximum atomic E-state index is 11.7. The van der Waals surface area contributed by atoms with Crippen molar-refractivity contribution in [3.8, 4) is 0 Å². The SMILES string of the molecule is CCCc1nc(CCOCCOC)[nH]c(=O)c1I. The van der Waals surface area contributed by atoms with E-state index in [0.29, 0.717) is 35.6 Å². The lowest BCUT2D eigenvalue weighted by Crippen LogP contribution is -2.19. The molecule has 0 aromatic carbocycles. The molecule has 0 saturated heterocycles. The maximum absolute atomic E-state index is 11.7. The summed E-state index contributed by atoms with van der Waals surface area (Å²) in [7, 11) is 1.64. The number of H-pyrrole nitrogens is 1. The van der Waals surface area contributed by atoms with Crippen molar-refractivity contribution in [1.82, 2.24) is 9.97 Å². The van der Waals surface area contributed by atoms with Gasteiger partial charge in [0.05, 0.1) is 29.1 Å². The van der Waals surface area contributed by atoms with E-state index in [1.807, 2.05) is 22.6 Å². The Morgan fingerprint density at radius 1 is 1.28 bits per heavy atom. The molecule has 0 fully saturated rings. The van der Waals surface area contributed by atoms with Crippen molar-refractivity contribution in [2.24, 2.45) is 0 Å². The summed E-state index contributed by atoms with van der Waals surface area (Å²) in [5, 5.41) is 0. The van der Waals surface area contributed by atoms with Gasteiger partial charge in [-0.1, -0.05) is 13.3 Å². The van der Waals surface area contributed by atoms with Gasteiger partial charge in [-0.15, -0.1) is 0 Å². The van der Waals surface area contributed by atoms with Gasteiger partial charge in [-0.3, -0.25) is 4.79 Å². The summed E-state index contributed by atoms with van der Waals surface area (Å²) in [6.07, 6.45) is 2.43. The third-order valence-electron chi connectivity index (χ3n) is 2.38. The number of aromatic nitrogens is 2. The molecule has 102 valence electrons. The predicted octanol–water partition coefficient (Wildman–Crippen LogP) is 1.53. The molecular weight excluding hydrogens is 347 g/mol. The number of ether oxygens (including phenoxy) is 2. The number of aryl methyl sites for hydroxylation is 1. The number of nitrogens with zero attached hydrogens (tertiary/aromatic N) is 1. The third kappa shape index (κ3) is 5.03. The summed E-state index contributed by atoms with van der Waals surface area (Å²) in [6, 6.07) is 0. The lowest BCUT2D eigenvalue weighted by molar-refractivity contribution is 0.0716. The summed E-state index contributed by atoms with van der Waals surface area (Å²) >= 11 is 2.05. The van der Waals surface area contributed by atoms with Gasteiger partial charge >= 0.3 is 0 Å². The number of halogens is 1. The van der Waals surface area contributed by atoms with E-state index in [1.165, 1.54) is 0 Å². The quantitative estimate of drug-likeness (QED) is 0.560. The van der Waals surface area contributed by atoms with Crippen LogP contribution in [0, 0.1) is 3.57 Å². The lowest BCUT2D eigenvalue weighted by atomic mass is 10.2. The van der Waals surface area contributed by atoms with Gasteiger partial charge in [-0.25, -0.2) is 4.98 Å². The molecule has 1 aromatic rings. The summed E-state index contributed by atoms with van der Waals surface area (Å²) < 4.78 is 10.9. The molecule has 0 radical (unpaired) electrons. The monoisotopic (exact) mass is 366 g/mol. The second kappa shape index (κ2) is 8.60. The molecular formula is C12H19IN2O3. The first-order valence-electron chi connectivity index (χ1n) is 6.03. The van der Waals surface area contributed by atoms with Crippen LogP contribution in [0.1, 0.15) is 24.9 Å². The summed E-state index contributed by atoms with van der Waals surface area (Å²) in [5.41, 5.74) is 0.828. The molecule has 0 aliphatic carbocycles. The van der Waals surface area contributed by atoms with Crippen molar-refractivity contribution >= 4 is 22.6 Å². The van der Waals surface area contributed by atoms with Crippen molar-refractivity contribution in [2.75, 3.05) is 26.9 Å². The number of nitrogens with one attached hydrogen (secondary N) is 1. The van der Waals surface area contributed by atoms with E-state index < -0.39 is 0 Å². The molecule has 5 nitrogen and oxygen atoms in total. The van der Waals surface area contributed by atoms with Crippen molar-refractivity contribution in [3.63, 3.8) is 0 Å². The standard InChI is InChI=1S/C12H19IN2O3/c1-3-4-9-11(13)12(16)15-10(14-9)5-6-18-8-7-17-2/h3-8H2,1-2H3,(H,14,15,16). The highest BCUT2D eigenvalue weighted by molar-refractivity contribution is 14.1. The predicted molar refractivity (Wildman–Crippen MR) is 78.0 cm³/mol. The topological polar surface area (TPSA) is 64.2 Å². The molecule has 0 aliphatic heterocycles. The van der Waals surface area contributed by atoms with Gasteiger partial charge in [-0.2, -0.15) is 0 Å². The Balaban J connectivity index is 2.58. The van der Waals surface area contributed by atoms with E-state index in [9.17, 15) is 4.79 Å². The fourth-order valence-corrected chi connectivity index (χ4v) is 2.02. The molecule has 0 atom stereocenters. The normalized spacial score (nSPS) is 10.8. The fraction of sp³-hybridized carbons (Fsp3) is 0.667. The molecule has 0 saturated carbocycles. The highest BCUT2D eigenvalue weighted by Gasteiger charge is 2.07. The van der Waals surface area contributed by atoms with Gasteiger partial charge in [0.1, 0.15) is 5.82 Å². The first-order chi connectivity index (χ1) is 8.69. The van der Waals surface area contributed by atoms with Gasteiger partial charge in [-0.05, 0) is 29.0 Å². The van der Waals surface area contributed by atoms with Crippen LogP contribution in [0.5, 0.6) is 0 Å². The molecule has 0 spiro atoms. The van der Waals surface area contributed by atoms with E-state index in [4.69, 9.17) is 9.47 Å². The zero-order chi connectivity index (χ0) is 13.4. The molecule has 1 rings (SSSR count). The average molecular weight is 366 g/mol. The second-order valence-corrected chi connectivity index (χ2v) is 4.96. The largest absolute Gasteiger partial charge is 0.382 e. The Morgan fingerprint density at radius 3 is 2.72 bits per heavy atom. The number of hydrogen-bond donors (Lipinski definition) is 1. The van der Waals surface area contributed by atoms with Crippen molar-refractivity contribution in [3.05, 3.63) is 25.4 Å². The average Bonchev–Trinajstić information content (AvgIpc) is 2.35. The van der Waals surface area contributed by atoms with Gasteiger partial charge in [0, 0.05) is 13.5 Å². The number of methoxy groups -OCH3 is 1. The Morgan fingerprint density at radius 2 is 2.06 bits per heavy atom. The van der Waals surface area contributed by atoms with Crippen molar-refractivity contribution < 1.29 is 9.47 Å². The minimum atomic E-state index is -0.0547.